The number of likely N-dealkylation sites (tertiary alicyclic amines) is 1. The number of anilines is 1. The van der Waals surface area contributed by atoms with Gasteiger partial charge in [-0.3, -0.25) is 9.25 Å². The Labute approximate surface area is 119 Å². The maximum atomic E-state index is 6.20. The summed E-state index contributed by atoms with van der Waals surface area (Å²) in [6, 6.07) is 0.406. The monoisotopic (exact) mass is 276 g/mol. The highest BCUT2D eigenvalue weighted by Crippen LogP contribution is 2.30. The van der Waals surface area contributed by atoms with E-state index in [0.717, 1.165) is 42.7 Å². The number of fused-ring (bicyclic) bond motifs is 1. The molecule has 0 aliphatic carbocycles. The van der Waals surface area contributed by atoms with Crippen molar-refractivity contribution < 1.29 is 0 Å². The van der Waals surface area contributed by atoms with Gasteiger partial charge in [-0.25, -0.2) is 4.98 Å². The van der Waals surface area contributed by atoms with Crippen LogP contribution >= 0.6 is 0 Å². The highest BCUT2D eigenvalue weighted by molar-refractivity contribution is 5.78. The molecule has 6 nitrogen and oxygen atoms in total. The lowest BCUT2D eigenvalue weighted by Gasteiger charge is -2.31. The summed E-state index contributed by atoms with van der Waals surface area (Å²) in [5, 5.41) is 4.62. The lowest BCUT2D eigenvalue weighted by Crippen LogP contribution is -2.34. The second-order valence-corrected chi connectivity index (χ2v) is 5.89. The van der Waals surface area contributed by atoms with Gasteiger partial charge in [-0.2, -0.15) is 5.10 Å². The Balaban J connectivity index is 2.08. The molecule has 1 saturated heterocycles. The first-order valence-electron chi connectivity index (χ1n) is 7.49. The van der Waals surface area contributed by atoms with Crippen LogP contribution in [-0.4, -0.2) is 44.4 Å². The van der Waals surface area contributed by atoms with Crippen molar-refractivity contribution in [3.63, 3.8) is 0 Å². The van der Waals surface area contributed by atoms with Gasteiger partial charge in [-0.05, 0) is 32.9 Å². The zero-order chi connectivity index (χ0) is 14.3. The average Bonchev–Trinajstić information content (AvgIpc) is 2.88. The Morgan fingerprint density at radius 2 is 2.15 bits per heavy atom. The second kappa shape index (κ2) is 5.09. The summed E-state index contributed by atoms with van der Waals surface area (Å²) in [4.78, 5) is 6.96. The molecule has 6 heteroatoms. The third-order valence-electron chi connectivity index (χ3n) is 4.22. The van der Waals surface area contributed by atoms with Gasteiger partial charge < -0.3 is 10.6 Å². The molecular weight excluding hydrogens is 252 g/mol. The van der Waals surface area contributed by atoms with Crippen LogP contribution in [-0.2, 0) is 13.5 Å². The Kier molecular flexibility index (Phi) is 3.41. The highest BCUT2D eigenvalue weighted by Gasteiger charge is 2.25. The van der Waals surface area contributed by atoms with Gasteiger partial charge in [0.05, 0.1) is 11.7 Å². The number of hydrogen-bond donors (Lipinski definition) is 1. The molecular formula is C14H24N6. The van der Waals surface area contributed by atoms with Crippen molar-refractivity contribution in [2.24, 2.45) is 7.05 Å². The molecule has 0 amide bonds. The summed E-state index contributed by atoms with van der Waals surface area (Å²) in [6.07, 6.45) is 4.40. The number of aryl methyl sites for hydroxylation is 2. The number of likely N-dealkylation sites (N-methyl/N-ethyl adjacent to an activating group) is 1. The Morgan fingerprint density at radius 3 is 2.85 bits per heavy atom. The van der Waals surface area contributed by atoms with E-state index in [1.807, 2.05) is 11.7 Å². The third kappa shape index (κ3) is 2.08. The minimum Gasteiger partial charge on any atom is -0.369 e. The van der Waals surface area contributed by atoms with E-state index in [2.05, 4.69) is 33.5 Å². The summed E-state index contributed by atoms with van der Waals surface area (Å²) in [5.74, 6) is 0.630. The summed E-state index contributed by atoms with van der Waals surface area (Å²) in [6.45, 7) is 4.36. The van der Waals surface area contributed by atoms with Gasteiger partial charge in [0.2, 0.25) is 5.95 Å². The van der Waals surface area contributed by atoms with Gasteiger partial charge in [-0.15, -0.1) is 0 Å². The van der Waals surface area contributed by atoms with Crippen LogP contribution in [0.2, 0.25) is 0 Å². The fraction of sp³-hybridized carbons (Fsp3) is 0.714. The maximum Gasteiger partial charge on any atom is 0.202 e. The minimum absolute atomic E-state index is 0.406. The van der Waals surface area contributed by atoms with Crippen molar-refractivity contribution in [2.75, 3.05) is 25.9 Å². The topological polar surface area (TPSA) is 64.9 Å². The van der Waals surface area contributed by atoms with Gasteiger partial charge in [0, 0.05) is 13.6 Å². The SMILES string of the molecule is CCCc1nn(C)c2c1nc(N)n2C1CCCN(C)C1. The van der Waals surface area contributed by atoms with E-state index in [9.17, 15) is 0 Å². The van der Waals surface area contributed by atoms with E-state index in [0.29, 0.717) is 12.0 Å². The number of nitrogens with zero attached hydrogens (tertiary/aromatic N) is 5. The van der Waals surface area contributed by atoms with Crippen LogP contribution in [0, 0.1) is 0 Å². The molecule has 1 fully saturated rings. The lowest BCUT2D eigenvalue weighted by atomic mass is 10.1. The van der Waals surface area contributed by atoms with Crippen LogP contribution in [0.5, 0.6) is 0 Å². The number of rotatable bonds is 3. The van der Waals surface area contributed by atoms with Crippen molar-refractivity contribution in [3.05, 3.63) is 5.69 Å². The van der Waals surface area contributed by atoms with Crippen LogP contribution in [0.15, 0.2) is 0 Å². The predicted molar refractivity (Wildman–Crippen MR) is 80.7 cm³/mol. The van der Waals surface area contributed by atoms with Crippen LogP contribution in [0.1, 0.15) is 37.9 Å². The van der Waals surface area contributed by atoms with E-state index in [-0.39, 0.29) is 0 Å². The molecule has 0 bridgehead atoms. The summed E-state index contributed by atoms with van der Waals surface area (Å²) < 4.78 is 4.13. The molecule has 1 aliphatic rings. The molecule has 3 heterocycles. The van der Waals surface area contributed by atoms with E-state index >= 15 is 0 Å². The molecule has 0 aromatic carbocycles. The zero-order valence-corrected chi connectivity index (χ0v) is 12.6. The molecule has 0 radical (unpaired) electrons. The number of imidazole rings is 1. The van der Waals surface area contributed by atoms with Crippen molar-refractivity contribution in [1.29, 1.82) is 0 Å². The number of nitrogen functional groups attached to an aromatic ring is 1. The van der Waals surface area contributed by atoms with Crippen molar-refractivity contribution in [3.8, 4) is 0 Å². The molecule has 3 rings (SSSR count). The molecule has 2 aromatic heterocycles. The largest absolute Gasteiger partial charge is 0.369 e. The summed E-state index contributed by atoms with van der Waals surface area (Å²) in [7, 11) is 4.16. The number of aromatic nitrogens is 4. The quantitative estimate of drug-likeness (QED) is 0.924. The van der Waals surface area contributed by atoms with Crippen molar-refractivity contribution in [2.45, 2.75) is 38.6 Å². The number of piperidine rings is 1. The maximum absolute atomic E-state index is 6.20. The molecule has 20 heavy (non-hydrogen) atoms. The van der Waals surface area contributed by atoms with Crippen LogP contribution in [0.3, 0.4) is 0 Å². The molecule has 1 unspecified atom stereocenters. The first-order valence-corrected chi connectivity index (χ1v) is 7.49. The lowest BCUT2D eigenvalue weighted by molar-refractivity contribution is 0.215. The predicted octanol–water partition coefficient (Wildman–Crippen LogP) is 1.57. The van der Waals surface area contributed by atoms with Crippen LogP contribution in [0.25, 0.3) is 11.2 Å². The average molecular weight is 276 g/mol. The molecule has 1 atom stereocenters. The second-order valence-electron chi connectivity index (χ2n) is 5.89. The van der Waals surface area contributed by atoms with E-state index in [1.165, 1.54) is 13.0 Å². The third-order valence-corrected chi connectivity index (χ3v) is 4.22. The van der Waals surface area contributed by atoms with Gasteiger partial charge in [0.15, 0.2) is 5.65 Å². The fourth-order valence-electron chi connectivity index (χ4n) is 3.33. The molecule has 0 spiro atoms. The zero-order valence-electron chi connectivity index (χ0n) is 12.6. The van der Waals surface area contributed by atoms with Gasteiger partial charge in [0.25, 0.3) is 0 Å². The normalized spacial score (nSPS) is 20.9. The van der Waals surface area contributed by atoms with E-state index in [1.54, 1.807) is 0 Å². The van der Waals surface area contributed by atoms with E-state index in [4.69, 9.17) is 5.73 Å². The van der Waals surface area contributed by atoms with Crippen molar-refractivity contribution in [1.82, 2.24) is 24.2 Å². The minimum atomic E-state index is 0.406. The molecule has 110 valence electrons. The van der Waals surface area contributed by atoms with Crippen LogP contribution < -0.4 is 5.73 Å². The summed E-state index contributed by atoms with van der Waals surface area (Å²) >= 11 is 0. The number of hydrogen-bond acceptors (Lipinski definition) is 4. The van der Waals surface area contributed by atoms with Crippen LogP contribution in [0.4, 0.5) is 5.95 Å². The molecule has 1 aliphatic heterocycles. The first kappa shape index (κ1) is 13.4. The first-order chi connectivity index (χ1) is 9.61. The van der Waals surface area contributed by atoms with E-state index < -0.39 is 0 Å². The molecule has 0 saturated carbocycles. The Bertz CT molecular complexity index is 611. The van der Waals surface area contributed by atoms with Gasteiger partial charge >= 0.3 is 0 Å². The van der Waals surface area contributed by atoms with Gasteiger partial charge in [-0.1, -0.05) is 13.3 Å². The fourth-order valence-corrected chi connectivity index (χ4v) is 3.33. The molecule has 2 aromatic rings. The standard InChI is InChI=1S/C14H24N6/c1-4-6-11-12-13(19(3)17-11)20(14(15)16-12)10-7-5-8-18(2)9-10/h10H,4-9H2,1-3H3,(H2,15,16). The smallest absolute Gasteiger partial charge is 0.202 e. The Hall–Kier alpha value is -1.56. The van der Waals surface area contributed by atoms with Crippen molar-refractivity contribution >= 4 is 17.1 Å². The summed E-state index contributed by atoms with van der Waals surface area (Å²) in [5.41, 5.74) is 9.33. The Morgan fingerprint density at radius 1 is 1.35 bits per heavy atom. The highest BCUT2D eigenvalue weighted by atomic mass is 15.4. The molecule has 2 N–H and O–H groups in total. The van der Waals surface area contributed by atoms with Gasteiger partial charge in [0.1, 0.15) is 5.52 Å². The number of nitrogens with two attached hydrogens (primary N) is 1.